The minimum atomic E-state index is -3.00. The lowest BCUT2D eigenvalue weighted by molar-refractivity contribution is 0.182. The van der Waals surface area contributed by atoms with Crippen molar-refractivity contribution in [2.45, 2.75) is 32.4 Å². The first-order valence-corrected chi connectivity index (χ1v) is 10.6. The molecule has 0 radical (unpaired) electrons. The van der Waals surface area contributed by atoms with Crippen molar-refractivity contribution < 1.29 is 31.6 Å². The number of amides is 2. The van der Waals surface area contributed by atoms with Gasteiger partial charge in [0.05, 0.1) is 23.6 Å². The molecule has 1 aromatic carbocycles. The minimum absolute atomic E-state index is 0.0549. The van der Waals surface area contributed by atoms with Gasteiger partial charge in [-0.15, -0.1) is 10.8 Å². The van der Waals surface area contributed by atoms with Gasteiger partial charge in [0.1, 0.15) is 0 Å². The molecule has 8 nitrogen and oxygen atoms in total. The van der Waals surface area contributed by atoms with Crippen molar-refractivity contribution in [2.75, 3.05) is 21.9 Å². The van der Waals surface area contributed by atoms with Crippen LogP contribution in [-0.2, 0) is 13.0 Å². The van der Waals surface area contributed by atoms with E-state index in [9.17, 15) is 27.1 Å². The zero-order valence-electron chi connectivity index (χ0n) is 15.4. The van der Waals surface area contributed by atoms with Crippen molar-refractivity contribution in [3.63, 3.8) is 0 Å². The highest BCUT2D eigenvalue weighted by Gasteiger charge is 2.38. The molecule has 0 unspecified atom stereocenters. The maximum atomic E-state index is 13.4. The third kappa shape index (κ3) is 3.51. The van der Waals surface area contributed by atoms with Crippen LogP contribution in [0.1, 0.15) is 24.6 Å². The molecular weight excluding hydrogens is 413 g/mol. The summed E-state index contributed by atoms with van der Waals surface area (Å²) >= 11 is 0. The van der Waals surface area contributed by atoms with Crippen LogP contribution in [0.4, 0.5) is 29.5 Å². The topological polar surface area (TPSA) is 102 Å². The van der Waals surface area contributed by atoms with Crippen LogP contribution in [0.5, 0.6) is 0 Å². The molecule has 4 rings (SSSR count). The molecule has 158 valence electrons. The molecule has 2 aliphatic heterocycles. The number of aromatic nitrogens is 1. The Morgan fingerprint density at radius 2 is 2.00 bits per heavy atom. The highest BCUT2D eigenvalue weighted by molar-refractivity contribution is 8.25. The lowest BCUT2D eigenvalue weighted by atomic mass is 10.0. The summed E-state index contributed by atoms with van der Waals surface area (Å²) in [6, 6.07) is 0.435. The first-order valence-electron chi connectivity index (χ1n) is 8.90. The van der Waals surface area contributed by atoms with Gasteiger partial charge in [-0.05, 0) is 13.3 Å². The van der Waals surface area contributed by atoms with Gasteiger partial charge in [0.2, 0.25) is 0 Å². The minimum Gasteiger partial charge on any atom is -0.336 e. The largest absolute Gasteiger partial charge is 0.336 e. The fourth-order valence-electron chi connectivity index (χ4n) is 3.55. The van der Waals surface area contributed by atoms with E-state index in [0.717, 1.165) is 0 Å². The number of hydrogen-bond donors (Lipinski definition) is 3. The Hall–Kier alpha value is -2.44. The molecule has 2 aromatic rings. The Balaban J connectivity index is 1.57. The number of carbonyl (C=O) groups excluding carboxylic acids is 1. The van der Waals surface area contributed by atoms with Crippen molar-refractivity contribution in [1.82, 2.24) is 10.1 Å². The second-order valence-electron chi connectivity index (χ2n) is 7.07. The number of carbonyl (C=O) groups is 1. The van der Waals surface area contributed by atoms with Gasteiger partial charge >= 0.3 is 6.03 Å². The Morgan fingerprint density at radius 3 is 2.62 bits per heavy atom. The highest BCUT2D eigenvalue weighted by Crippen LogP contribution is 2.52. The van der Waals surface area contributed by atoms with Gasteiger partial charge in [0.25, 0.3) is 5.88 Å². The molecule has 1 aromatic heterocycles. The van der Waals surface area contributed by atoms with Gasteiger partial charge in [0.15, 0.2) is 17.5 Å². The number of benzene rings is 1. The maximum Gasteiger partial charge on any atom is 0.322 e. The molecule has 0 aliphatic carbocycles. The Bertz CT molecular complexity index is 947. The normalized spacial score (nSPS) is 21.8. The van der Waals surface area contributed by atoms with Gasteiger partial charge in [0, 0.05) is 36.8 Å². The van der Waals surface area contributed by atoms with E-state index < -0.39 is 34.3 Å². The molecule has 1 fully saturated rings. The number of hydrogen-bond acceptors (Lipinski definition) is 6. The highest BCUT2D eigenvalue weighted by atomic mass is 32.3. The number of urea groups is 1. The Labute approximate surface area is 165 Å². The van der Waals surface area contributed by atoms with Crippen LogP contribution in [0.2, 0.25) is 0 Å². The first-order chi connectivity index (χ1) is 13.7. The van der Waals surface area contributed by atoms with Crippen LogP contribution < -0.4 is 9.62 Å². The van der Waals surface area contributed by atoms with Crippen LogP contribution in [0.3, 0.4) is 0 Å². The number of anilines is 2. The van der Waals surface area contributed by atoms with Gasteiger partial charge < -0.3 is 14.7 Å². The van der Waals surface area contributed by atoms with Crippen molar-refractivity contribution in [3.05, 3.63) is 40.8 Å². The van der Waals surface area contributed by atoms with Gasteiger partial charge in [-0.2, -0.15) is 0 Å². The average molecular weight is 432 g/mol. The molecule has 3 heterocycles. The number of nitrogens with one attached hydrogen (secondary N) is 1. The number of nitrogens with zero attached hydrogens (tertiary/aromatic N) is 3. The lowest BCUT2D eigenvalue weighted by Crippen LogP contribution is -2.45. The van der Waals surface area contributed by atoms with Gasteiger partial charge in [-0.25, -0.2) is 22.3 Å². The number of rotatable bonds is 2. The summed E-state index contributed by atoms with van der Waals surface area (Å²) in [6.45, 7) is 2.21. The summed E-state index contributed by atoms with van der Waals surface area (Å²) in [4.78, 5) is 14.1. The van der Waals surface area contributed by atoms with Crippen LogP contribution in [0, 0.1) is 17.5 Å². The number of fused-ring (bicyclic) bond motifs is 1. The van der Waals surface area contributed by atoms with E-state index in [1.165, 1.54) is 9.21 Å². The lowest BCUT2D eigenvalue weighted by Gasteiger charge is -2.38. The quantitative estimate of drug-likeness (QED) is 0.622. The van der Waals surface area contributed by atoms with E-state index in [1.807, 2.05) is 0 Å². The maximum absolute atomic E-state index is 13.4. The van der Waals surface area contributed by atoms with Crippen molar-refractivity contribution in [2.24, 2.45) is 0 Å². The summed E-state index contributed by atoms with van der Waals surface area (Å²) in [5.41, 5.74) is 0.942. The van der Waals surface area contributed by atoms with E-state index in [2.05, 4.69) is 10.5 Å². The van der Waals surface area contributed by atoms with E-state index in [4.69, 9.17) is 4.52 Å². The average Bonchev–Trinajstić information content (AvgIpc) is 3.20. The fourth-order valence-corrected chi connectivity index (χ4v) is 5.12. The van der Waals surface area contributed by atoms with Crippen molar-refractivity contribution in [1.29, 1.82) is 0 Å². The van der Waals surface area contributed by atoms with Gasteiger partial charge in [-0.1, -0.05) is 5.16 Å². The van der Waals surface area contributed by atoms with E-state index in [-0.39, 0.29) is 29.9 Å². The Kier molecular flexibility index (Phi) is 4.87. The summed E-state index contributed by atoms with van der Waals surface area (Å²) < 4.78 is 67.1. The molecule has 12 heteroatoms. The predicted octanol–water partition coefficient (Wildman–Crippen LogP) is 3.95. The molecule has 2 aliphatic rings. The van der Waals surface area contributed by atoms with Crippen molar-refractivity contribution in [3.8, 4) is 0 Å². The van der Waals surface area contributed by atoms with Crippen LogP contribution in [0.15, 0.2) is 16.7 Å². The summed E-state index contributed by atoms with van der Waals surface area (Å²) in [5.74, 6) is -3.99. The third-order valence-corrected chi connectivity index (χ3v) is 6.94. The SMILES string of the molecule is C[C@H]1Cc2noc(N3CCCS3(O)O)c2CN1C(=O)Nc1cc(F)c(F)c(F)c1. The van der Waals surface area contributed by atoms with E-state index in [1.54, 1.807) is 6.92 Å². The molecule has 0 spiro atoms. The first kappa shape index (κ1) is 19.9. The van der Waals surface area contributed by atoms with E-state index >= 15 is 0 Å². The third-order valence-electron chi connectivity index (χ3n) is 5.05. The smallest absolute Gasteiger partial charge is 0.322 e. The monoisotopic (exact) mass is 432 g/mol. The second-order valence-corrected chi connectivity index (χ2v) is 9.18. The summed E-state index contributed by atoms with van der Waals surface area (Å²) in [7, 11) is -3.00. The Morgan fingerprint density at radius 1 is 1.31 bits per heavy atom. The molecule has 0 saturated carbocycles. The van der Waals surface area contributed by atoms with Crippen LogP contribution in [-0.4, -0.2) is 43.5 Å². The van der Waals surface area contributed by atoms with E-state index in [0.29, 0.717) is 42.8 Å². The summed E-state index contributed by atoms with van der Waals surface area (Å²) in [5, 5.41) is 6.36. The van der Waals surface area contributed by atoms with Gasteiger partial charge in [-0.3, -0.25) is 9.11 Å². The van der Waals surface area contributed by atoms with Crippen molar-refractivity contribution >= 4 is 28.4 Å². The molecule has 1 atom stereocenters. The zero-order chi connectivity index (χ0) is 20.9. The molecule has 2 amide bonds. The second kappa shape index (κ2) is 7.11. The summed E-state index contributed by atoms with van der Waals surface area (Å²) in [6.07, 6.45) is 0.936. The molecule has 1 saturated heterocycles. The number of halogens is 3. The van der Waals surface area contributed by atoms with Crippen LogP contribution >= 0.6 is 10.8 Å². The molecule has 29 heavy (non-hydrogen) atoms. The zero-order valence-corrected chi connectivity index (χ0v) is 16.2. The molecule has 3 N–H and O–H groups in total. The fraction of sp³-hybridized carbons (Fsp3) is 0.412. The molecular formula is C17H19F3N4O4S. The predicted molar refractivity (Wildman–Crippen MR) is 100 cm³/mol. The van der Waals surface area contributed by atoms with Crippen LogP contribution in [0.25, 0.3) is 0 Å². The molecule has 0 bridgehead atoms. The standard InChI is InChI=1S/C17H19F3N4O4S/c1-9-5-14-11(16(28-22-14)24-3-2-4-29(24,26)27)8-23(9)17(25)21-10-6-12(18)15(20)13(19)7-10/h6-7,9,26-27H,2-5,8H2,1H3,(H,21,25)/t9-/m0/s1.